The van der Waals surface area contributed by atoms with Gasteiger partial charge >= 0.3 is 0 Å². The Morgan fingerprint density at radius 3 is 2.56 bits per heavy atom. The Labute approximate surface area is 153 Å². The number of hydrazine groups is 1. The van der Waals surface area contributed by atoms with E-state index in [-0.39, 0.29) is 12.5 Å². The van der Waals surface area contributed by atoms with Gasteiger partial charge in [0.25, 0.3) is 5.91 Å². The van der Waals surface area contributed by atoms with E-state index in [4.69, 9.17) is 17.0 Å². The van der Waals surface area contributed by atoms with Crippen LogP contribution in [0.2, 0.25) is 0 Å². The van der Waals surface area contributed by atoms with Crippen LogP contribution < -0.4 is 20.9 Å². The van der Waals surface area contributed by atoms with E-state index in [2.05, 4.69) is 23.1 Å². The molecule has 0 aromatic heterocycles. The molecular formula is C19H23N3O2S. The Morgan fingerprint density at radius 1 is 1.12 bits per heavy atom. The first-order valence-electron chi connectivity index (χ1n) is 8.21. The lowest BCUT2D eigenvalue weighted by Crippen LogP contribution is -2.45. The first kappa shape index (κ1) is 18.7. The average molecular weight is 357 g/mol. The van der Waals surface area contributed by atoms with Gasteiger partial charge in [0.2, 0.25) is 0 Å². The van der Waals surface area contributed by atoms with Gasteiger partial charge in [0.05, 0.1) is 0 Å². The fourth-order valence-electron chi connectivity index (χ4n) is 2.24. The van der Waals surface area contributed by atoms with Crippen LogP contribution in [-0.2, 0) is 11.2 Å². The van der Waals surface area contributed by atoms with Gasteiger partial charge in [-0.15, -0.1) is 0 Å². The first-order chi connectivity index (χ1) is 12.1. The van der Waals surface area contributed by atoms with Gasteiger partial charge in [0.15, 0.2) is 11.7 Å². The van der Waals surface area contributed by atoms with E-state index in [9.17, 15) is 4.79 Å². The van der Waals surface area contributed by atoms with Crippen LogP contribution in [0.25, 0.3) is 0 Å². The van der Waals surface area contributed by atoms with Crippen LogP contribution in [0, 0.1) is 6.92 Å². The summed E-state index contributed by atoms with van der Waals surface area (Å²) >= 11 is 5.14. The number of hydrogen-bond acceptors (Lipinski definition) is 3. The van der Waals surface area contributed by atoms with Crippen molar-refractivity contribution in [3.8, 4) is 5.75 Å². The summed E-state index contributed by atoms with van der Waals surface area (Å²) in [5.74, 6) is 0.349. The number of ether oxygens (including phenoxy) is 1. The summed E-state index contributed by atoms with van der Waals surface area (Å²) in [7, 11) is 0. The molecule has 0 spiro atoms. The Kier molecular flexibility index (Phi) is 7.22. The van der Waals surface area contributed by atoms with E-state index < -0.39 is 0 Å². The number of hydrogen-bond donors (Lipinski definition) is 3. The monoisotopic (exact) mass is 357 g/mol. The van der Waals surface area contributed by atoms with Crippen LogP contribution >= 0.6 is 12.2 Å². The fraction of sp³-hybridized carbons (Fsp3) is 0.263. The molecule has 0 saturated heterocycles. The van der Waals surface area contributed by atoms with Gasteiger partial charge in [-0.3, -0.25) is 15.6 Å². The van der Waals surface area contributed by atoms with Crippen molar-refractivity contribution in [3.63, 3.8) is 0 Å². The molecule has 132 valence electrons. The summed E-state index contributed by atoms with van der Waals surface area (Å²) < 4.78 is 5.45. The molecule has 6 heteroatoms. The van der Waals surface area contributed by atoms with Crippen molar-refractivity contribution >= 4 is 28.9 Å². The number of carbonyl (C=O) groups is 1. The lowest BCUT2D eigenvalue weighted by Gasteiger charge is -2.12. The van der Waals surface area contributed by atoms with Crippen molar-refractivity contribution in [2.24, 2.45) is 0 Å². The summed E-state index contributed by atoms with van der Waals surface area (Å²) in [6.07, 6.45) is 2.14. The smallest absolute Gasteiger partial charge is 0.276 e. The molecule has 5 nitrogen and oxygen atoms in total. The topological polar surface area (TPSA) is 62.4 Å². The normalized spacial score (nSPS) is 10.0. The molecule has 0 unspecified atom stereocenters. The second kappa shape index (κ2) is 9.64. The summed E-state index contributed by atoms with van der Waals surface area (Å²) in [5, 5.41) is 3.30. The first-order valence-corrected chi connectivity index (χ1v) is 8.62. The SMILES string of the molecule is CCCc1ccc(OCC(=O)NNC(=S)Nc2cccc(C)c2)cc1. The van der Waals surface area contributed by atoms with Crippen LogP contribution in [0.1, 0.15) is 24.5 Å². The maximum absolute atomic E-state index is 11.8. The van der Waals surface area contributed by atoms with Crippen molar-refractivity contribution in [1.29, 1.82) is 0 Å². The number of thiocarbonyl (C=S) groups is 1. The maximum Gasteiger partial charge on any atom is 0.276 e. The predicted octanol–water partition coefficient (Wildman–Crippen LogP) is 3.34. The Hall–Kier alpha value is -2.60. The molecule has 0 aliphatic carbocycles. The molecule has 0 bridgehead atoms. The minimum Gasteiger partial charge on any atom is -0.484 e. The highest BCUT2D eigenvalue weighted by Crippen LogP contribution is 2.13. The van der Waals surface area contributed by atoms with Crippen molar-refractivity contribution in [3.05, 3.63) is 59.7 Å². The van der Waals surface area contributed by atoms with Crippen LogP contribution in [0.15, 0.2) is 48.5 Å². The van der Waals surface area contributed by atoms with Crippen LogP contribution in [0.3, 0.4) is 0 Å². The van der Waals surface area contributed by atoms with E-state index in [0.29, 0.717) is 10.9 Å². The van der Waals surface area contributed by atoms with Crippen LogP contribution in [0.4, 0.5) is 5.69 Å². The van der Waals surface area contributed by atoms with Crippen molar-refractivity contribution in [2.45, 2.75) is 26.7 Å². The third-order valence-electron chi connectivity index (χ3n) is 3.42. The van der Waals surface area contributed by atoms with Crippen LogP contribution in [-0.4, -0.2) is 17.6 Å². The molecule has 0 aliphatic heterocycles. The molecule has 25 heavy (non-hydrogen) atoms. The standard InChI is InChI=1S/C19H23N3O2S/c1-3-5-15-8-10-17(11-9-15)24-13-18(23)21-22-19(25)20-16-7-4-6-14(2)12-16/h4,6-12H,3,5,13H2,1-2H3,(H,21,23)(H2,20,22,25). The third-order valence-corrected chi connectivity index (χ3v) is 3.63. The molecule has 0 heterocycles. The molecule has 2 aromatic rings. The zero-order valence-electron chi connectivity index (χ0n) is 14.5. The average Bonchev–Trinajstić information content (AvgIpc) is 2.60. The Morgan fingerprint density at radius 2 is 1.88 bits per heavy atom. The highest BCUT2D eigenvalue weighted by molar-refractivity contribution is 7.80. The number of amides is 1. The molecule has 0 radical (unpaired) electrons. The zero-order chi connectivity index (χ0) is 18.1. The number of rotatable bonds is 6. The minimum atomic E-state index is -0.314. The fourth-order valence-corrected chi connectivity index (χ4v) is 2.41. The summed E-state index contributed by atoms with van der Waals surface area (Å²) in [6, 6.07) is 15.5. The molecule has 1 amide bonds. The number of nitrogens with one attached hydrogen (secondary N) is 3. The van der Waals surface area contributed by atoms with E-state index in [0.717, 1.165) is 24.1 Å². The molecular weight excluding hydrogens is 334 g/mol. The molecule has 0 aliphatic rings. The second-order valence-corrected chi connectivity index (χ2v) is 6.09. The largest absolute Gasteiger partial charge is 0.484 e. The van der Waals surface area contributed by atoms with Crippen molar-refractivity contribution < 1.29 is 9.53 Å². The van der Waals surface area contributed by atoms with E-state index in [1.54, 1.807) is 0 Å². The van der Waals surface area contributed by atoms with E-state index in [1.807, 2.05) is 55.5 Å². The minimum absolute atomic E-state index is 0.0901. The van der Waals surface area contributed by atoms with Crippen LogP contribution in [0.5, 0.6) is 5.75 Å². The number of aryl methyl sites for hydroxylation is 2. The molecule has 2 rings (SSSR count). The second-order valence-electron chi connectivity index (χ2n) is 5.68. The molecule has 0 saturated carbocycles. The van der Waals surface area contributed by atoms with Gasteiger partial charge in [-0.2, -0.15) is 0 Å². The number of benzene rings is 2. The summed E-state index contributed by atoms with van der Waals surface area (Å²) in [5.41, 5.74) is 8.39. The van der Waals surface area contributed by atoms with Gasteiger partial charge in [0, 0.05) is 5.69 Å². The highest BCUT2D eigenvalue weighted by Gasteiger charge is 2.04. The van der Waals surface area contributed by atoms with Gasteiger partial charge in [-0.1, -0.05) is 37.6 Å². The van der Waals surface area contributed by atoms with Gasteiger partial charge in [0.1, 0.15) is 5.75 Å². The molecule has 3 N–H and O–H groups in total. The van der Waals surface area contributed by atoms with Gasteiger partial charge in [-0.25, -0.2) is 0 Å². The van der Waals surface area contributed by atoms with Crippen molar-refractivity contribution in [2.75, 3.05) is 11.9 Å². The lowest BCUT2D eigenvalue weighted by molar-refractivity contribution is -0.123. The summed E-state index contributed by atoms with van der Waals surface area (Å²) in [4.78, 5) is 11.8. The molecule has 0 fully saturated rings. The maximum atomic E-state index is 11.8. The number of anilines is 1. The van der Waals surface area contributed by atoms with Crippen molar-refractivity contribution in [1.82, 2.24) is 10.9 Å². The van der Waals surface area contributed by atoms with E-state index >= 15 is 0 Å². The lowest BCUT2D eigenvalue weighted by atomic mass is 10.1. The predicted molar refractivity (Wildman–Crippen MR) is 105 cm³/mol. The summed E-state index contributed by atoms with van der Waals surface area (Å²) in [6.45, 7) is 4.04. The number of carbonyl (C=O) groups excluding carboxylic acids is 1. The zero-order valence-corrected chi connectivity index (χ0v) is 15.3. The van der Waals surface area contributed by atoms with E-state index in [1.165, 1.54) is 5.56 Å². The highest BCUT2D eigenvalue weighted by atomic mass is 32.1. The molecule has 2 aromatic carbocycles. The third kappa shape index (κ3) is 6.81. The van der Waals surface area contributed by atoms with Gasteiger partial charge < -0.3 is 10.1 Å². The quantitative estimate of drug-likeness (QED) is 0.547. The Balaban J connectivity index is 1.70. The Bertz CT molecular complexity index is 717. The molecule has 0 atom stereocenters. The van der Waals surface area contributed by atoms with Gasteiger partial charge in [-0.05, 0) is 61.0 Å².